The molecule has 41 heavy (non-hydrogen) atoms. The molecule has 5 nitrogen and oxygen atoms in total. The quantitative estimate of drug-likeness (QED) is 0.248. The minimum absolute atomic E-state index is 0.0317. The van der Waals surface area contributed by atoms with Crippen LogP contribution in [-0.2, 0) is 9.53 Å². The number of hydrogen-bond donors (Lipinski definition) is 1. The van der Waals surface area contributed by atoms with Crippen LogP contribution >= 0.6 is 0 Å². The third-order valence-electron chi connectivity index (χ3n) is 10.8. The van der Waals surface area contributed by atoms with Gasteiger partial charge >= 0.3 is 6.18 Å². The Hall–Kier alpha value is -3.05. The number of Topliss-reactive ketones (excluding diaryl/α,β-unsaturated/α-hetero) is 1. The van der Waals surface area contributed by atoms with Gasteiger partial charge in [0.15, 0.2) is 0 Å². The smallest absolute Gasteiger partial charge is 0.411 e. The van der Waals surface area contributed by atoms with E-state index in [1.807, 2.05) is 13.0 Å². The van der Waals surface area contributed by atoms with Crippen molar-refractivity contribution in [3.05, 3.63) is 52.6 Å². The summed E-state index contributed by atoms with van der Waals surface area (Å²) in [6.07, 6.45) is 2.13. The number of carbonyl (C=O) groups is 1. The summed E-state index contributed by atoms with van der Waals surface area (Å²) in [4.78, 5) is 15.6. The SMILES string of the molecule is CC(=O)[C@@]1(C#CC(F)(F)F)CC[C@H]2[C@@H]3CCC4=C/C(=N/O)CCC4=C3[C@@H](c3ccc(N4CCOCC4)cc3)C[C@@]21C. The van der Waals surface area contributed by atoms with Crippen LogP contribution in [0.1, 0.15) is 70.3 Å². The number of anilines is 1. The van der Waals surface area contributed by atoms with E-state index in [1.54, 1.807) is 0 Å². The highest BCUT2D eigenvalue weighted by Gasteiger charge is 2.65. The highest BCUT2D eigenvalue weighted by atomic mass is 19.4. The summed E-state index contributed by atoms with van der Waals surface area (Å²) in [5.74, 6) is 4.04. The minimum atomic E-state index is -4.65. The number of benzene rings is 1. The Morgan fingerprint density at radius 3 is 2.51 bits per heavy atom. The molecule has 5 atom stereocenters. The average molecular weight is 567 g/mol. The molecule has 8 heteroatoms. The van der Waals surface area contributed by atoms with Gasteiger partial charge in [-0.15, -0.1) is 0 Å². The van der Waals surface area contributed by atoms with E-state index in [-0.39, 0.29) is 23.5 Å². The Kier molecular flexibility index (Phi) is 7.09. The van der Waals surface area contributed by atoms with Crippen LogP contribution in [0.2, 0.25) is 0 Å². The van der Waals surface area contributed by atoms with E-state index < -0.39 is 17.0 Å². The second-order valence-corrected chi connectivity index (χ2v) is 12.6. The van der Waals surface area contributed by atoms with Crippen molar-refractivity contribution in [2.24, 2.45) is 27.8 Å². The van der Waals surface area contributed by atoms with E-state index >= 15 is 0 Å². The first-order valence-corrected chi connectivity index (χ1v) is 14.8. The number of allylic oxidation sites excluding steroid dienone is 4. The van der Waals surface area contributed by atoms with Crippen LogP contribution in [0.3, 0.4) is 0 Å². The highest BCUT2D eigenvalue weighted by Crippen LogP contribution is 2.69. The number of ketones is 1. The molecule has 1 N–H and O–H groups in total. The van der Waals surface area contributed by atoms with Gasteiger partial charge in [-0.05, 0) is 104 Å². The third-order valence-corrected chi connectivity index (χ3v) is 10.8. The van der Waals surface area contributed by atoms with E-state index in [0.29, 0.717) is 44.6 Å². The lowest BCUT2D eigenvalue weighted by Crippen LogP contribution is -2.50. The average Bonchev–Trinajstić information content (AvgIpc) is 3.28. The van der Waals surface area contributed by atoms with Crippen molar-refractivity contribution in [3.8, 4) is 11.8 Å². The molecule has 1 heterocycles. The number of alkyl halides is 3. The summed E-state index contributed by atoms with van der Waals surface area (Å²) in [7, 11) is 0. The number of rotatable bonds is 3. The van der Waals surface area contributed by atoms with Gasteiger partial charge in [0.2, 0.25) is 0 Å². The van der Waals surface area contributed by atoms with Crippen LogP contribution in [0.25, 0.3) is 0 Å². The Morgan fingerprint density at radius 2 is 1.85 bits per heavy atom. The van der Waals surface area contributed by atoms with E-state index in [4.69, 9.17) is 4.74 Å². The highest BCUT2D eigenvalue weighted by molar-refractivity contribution is 5.97. The number of hydrogen-bond acceptors (Lipinski definition) is 5. The summed E-state index contributed by atoms with van der Waals surface area (Å²) < 4.78 is 45.7. The van der Waals surface area contributed by atoms with Gasteiger partial charge in [-0.25, -0.2) is 0 Å². The predicted molar refractivity (Wildman–Crippen MR) is 151 cm³/mol. The number of nitrogens with zero attached hydrogens (tertiary/aromatic N) is 2. The van der Waals surface area contributed by atoms with Gasteiger partial charge in [0.25, 0.3) is 0 Å². The van der Waals surface area contributed by atoms with Crippen molar-refractivity contribution in [2.45, 2.75) is 70.9 Å². The molecule has 0 radical (unpaired) electrons. The topological polar surface area (TPSA) is 62.1 Å². The molecular weight excluding hydrogens is 529 g/mol. The Bertz CT molecular complexity index is 1380. The number of oxime groups is 1. The van der Waals surface area contributed by atoms with Gasteiger partial charge < -0.3 is 14.8 Å². The largest absolute Gasteiger partial charge is 0.457 e. The number of ether oxygens (including phenoxy) is 1. The predicted octanol–water partition coefficient (Wildman–Crippen LogP) is 6.82. The molecule has 1 aromatic carbocycles. The lowest BCUT2D eigenvalue weighted by molar-refractivity contribution is -0.130. The molecule has 4 aliphatic carbocycles. The lowest BCUT2D eigenvalue weighted by atomic mass is 9.48. The second-order valence-electron chi connectivity index (χ2n) is 12.6. The second kappa shape index (κ2) is 10.3. The molecule has 0 spiro atoms. The third kappa shape index (κ3) is 4.70. The summed E-state index contributed by atoms with van der Waals surface area (Å²) >= 11 is 0. The molecule has 0 unspecified atom stereocenters. The molecule has 218 valence electrons. The van der Waals surface area contributed by atoms with Gasteiger partial charge in [-0.2, -0.15) is 13.2 Å². The van der Waals surface area contributed by atoms with E-state index in [9.17, 15) is 23.2 Å². The molecule has 0 amide bonds. The van der Waals surface area contributed by atoms with Crippen molar-refractivity contribution in [1.29, 1.82) is 0 Å². The van der Waals surface area contributed by atoms with Crippen molar-refractivity contribution in [1.82, 2.24) is 0 Å². The van der Waals surface area contributed by atoms with Crippen molar-refractivity contribution in [2.75, 3.05) is 31.2 Å². The molecule has 3 fully saturated rings. The first-order chi connectivity index (χ1) is 19.6. The van der Waals surface area contributed by atoms with Crippen LogP contribution in [0.15, 0.2) is 52.2 Å². The molecule has 0 bridgehead atoms. The van der Waals surface area contributed by atoms with Crippen molar-refractivity contribution in [3.63, 3.8) is 0 Å². The minimum Gasteiger partial charge on any atom is -0.411 e. The zero-order valence-corrected chi connectivity index (χ0v) is 23.7. The maximum absolute atomic E-state index is 13.4. The van der Waals surface area contributed by atoms with Gasteiger partial charge in [-0.3, -0.25) is 4.79 Å². The van der Waals surface area contributed by atoms with Crippen LogP contribution < -0.4 is 4.90 Å². The van der Waals surface area contributed by atoms with Crippen LogP contribution in [0.4, 0.5) is 18.9 Å². The van der Waals surface area contributed by atoms with Gasteiger partial charge in [0.05, 0.1) is 24.3 Å². The monoisotopic (exact) mass is 566 g/mol. The first kappa shape index (κ1) is 28.1. The molecule has 1 aromatic rings. The molecule has 2 saturated carbocycles. The zero-order chi connectivity index (χ0) is 29.0. The molecule has 0 aromatic heterocycles. The first-order valence-electron chi connectivity index (χ1n) is 14.8. The fraction of sp³-hybridized carbons (Fsp3) is 0.576. The molecule has 5 aliphatic rings. The number of carbonyl (C=O) groups excluding carboxylic acids is 1. The van der Waals surface area contributed by atoms with Gasteiger partial charge in [-0.1, -0.05) is 35.7 Å². The zero-order valence-electron chi connectivity index (χ0n) is 23.7. The Labute approximate surface area is 239 Å². The van der Waals surface area contributed by atoms with Crippen molar-refractivity contribution < 1.29 is 27.9 Å². The lowest BCUT2D eigenvalue weighted by Gasteiger charge is -2.54. The maximum Gasteiger partial charge on any atom is 0.457 e. The molecule has 1 aliphatic heterocycles. The van der Waals surface area contributed by atoms with Crippen LogP contribution in [-0.4, -0.2) is 49.2 Å². The summed E-state index contributed by atoms with van der Waals surface area (Å²) in [5, 5.41) is 12.9. The van der Waals surface area contributed by atoms with Crippen LogP contribution in [0.5, 0.6) is 0 Å². The Balaban J connectivity index is 1.48. The molecule has 6 rings (SSSR count). The summed E-state index contributed by atoms with van der Waals surface area (Å²) in [6, 6.07) is 8.61. The van der Waals surface area contributed by atoms with E-state index in [2.05, 4.69) is 40.2 Å². The van der Waals surface area contributed by atoms with Crippen LogP contribution in [0, 0.1) is 34.5 Å². The summed E-state index contributed by atoms with van der Waals surface area (Å²) in [6.45, 7) is 6.53. The number of fused-ring (bicyclic) bond motifs is 4. The molecule has 1 saturated heterocycles. The molecular formula is C33H37F3N2O3. The normalized spacial score (nSPS) is 34.3. The Morgan fingerprint density at radius 1 is 1.12 bits per heavy atom. The number of morpholine rings is 1. The fourth-order valence-corrected chi connectivity index (χ4v) is 8.87. The van der Waals surface area contributed by atoms with E-state index in [0.717, 1.165) is 43.6 Å². The van der Waals surface area contributed by atoms with Gasteiger partial charge in [0, 0.05) is 30.6 Å². The number of halogens is 3. The maximum atomic E-state index is 13.4. The fourth-order valence-electron chi connectivity index (χ4n) is 8.87. The van der Waals surface area contributed by atoms with E-state index in [1.165, 1.54) is 29.6 Å². The van der Waals surface area contributed by atoms with Crippen molar-refractivity contribution >= 4 is 17.2 Å². The summed E-state index contributed by atoms with van der Waals surface area (Å²) in [5.41, 5.74) is 4.85. The van der Waals surface area contributed by atoms with Gasteiger partial charge in [0.1, 0.15) is 5.78 Å². The standard InChI is InChI=1S/C33H37F3N2O3/c1-21(39)32(13-14-33(34,35)36)12-11-29-27-9-5-23-19-24(37-40)6-10-26(23)30(27)28(20-31(29,32)2)22-3-7-25(8-4-22)38-15-17-41-18-16-38/h3-4,7-8,19,27-29,40H,5-6,9-12,15-18,20H2,1-2H3/b37-24+/t27-,28+,29-,31-,32-/m0/s1.